The van der Waals surface area contributed by atoms with Gasteiger partial charge in [-0.2, -0.15) is 0 Å². The van der Waals surface area contributed by atoms with E-state index in [0.717, 1.165) is 25.9 Å². The molecule has 1 N–H and O–H groups in total. The van der Waals surface area contributed by atoms with E-state index in [1.807, 2.05) is 24.3 Å². The third kappa shape index (κ3) is 3.40. The van der Waals surface area contributed by atoms with Crippen LogP contribution in [-0.2, 0) is 4.79 Å². The minimum Gasteiger partial charge on any atom is -0.371 e. The maximum absolute atomic E-state index is 12.2. The molecule has 3 rings (SSSR count). The van der Waals surface area contributed by atoms with Gasteiger partial charge in [-0.3, -0.25) is 4.79 Å². The van der Waals surface area contributed by atoms with Crippen LogP contribution in [0.25, 0.3) is 0 Å². The van der Waals surface area contributed by atoms with Crippen LogP contribution < -0.4 is 10.2 Å². The van der Waals surface area contributed by atoms with E-state index in [1.54, 1.807) is 6.20 Å². The second-order valence-electron chi connectivity index (χ2n) is 5.30. The van der Waals surface area contributed by atoms with Crippen LogP contribution in [0.3, 0.4) is 0 Å². The zero-order valence-corrected chi connectivity index (χ0v) is 11.9. The van der Waals surface area contributed by atoms with Crippen molar-refractivity contribution in [2.75, 3.05) is 23.3 Å². The molecule has 1 aliphatic heterocycles. The Morgan fingerprint density at radius 3 is 2.43 bits per heavy atom. The molecule has 0 saturated carbocycles. The molecule has 4 heteroatoms. The summed E-state index contributed by atoms with van der Waals surface area (Å²) in [5.74, 6) is 0.793. The predicted octanol–water partition coefficient (Wildman–Crippen LogP) is 2.94. The van der Waals surface area contributed by atoms with E-state index in [4.69, 9.17) is 0 Å². The topological polar surface area (TPSA) is 45.2 Å². The molecule has 21 heavy (non-hydrogen) atoms. The number of nitrogens with zero attached hydrogens (tertiary/aromatic N) is 2. The molecular formula is C17H19N3O. The summed E-state index contributed by atoms with van der Waals surface area (Å²) in [7, 11) is 0. The van der Waals surface area contributed by atoms with Gasteiger partial charge in [-0.15, -0.1) is 0 Å². The standard InChI is InChI=1S/C17H19N3O/c21-17(19-16-8-4-5-11-18-16)14-9-12-20(13-10-14)15-6-2-1-3-7-15/h1-8,11,14H,9-10,12-13H2,(H,18,19,21). The Kier molecular flexibility index (Phi) is 4.15. The number of carbonyl (C=O) groups is 1. The lowest BCUT2D eigenvalue weighted by molar-refractivity contribution is -0.120. The van der Waals surface area contributed by atoms with Gasteiger partial charge in [0.05, 0.1) is 0 Å². The van der Waals surface area contributed by atoms with Crippen molar-refractivity contribution in [3.8, 4) is 0 Å². The van der Waals surface area contributed by atoms with Crippen molar-refractivity contribution in [1.82, 2.24) is 4.98 Å². The van der Waals surface area contributed by atoms with Gasteiger partial charge in [0, 0.05) is 30.9 Å². The van der Waals surface area contributed by atoms with Crippen molar-refractivity contribution in [3.63, 3.8) is 0 Å². The second kappa shape index (κ2) is 6.39. The average molecular weight is 281 g/mol. The van der Waals surface area contributed by atoms with E-state index in [1.165, 1.54) is 5.69 Å². The van der Waals surface area contributed by atoms with Crippen molar-refractivity contribution in [1.29, 1.82) is 0 Å². The first-order valence-corrected chi connectivity index (χ1v) is 7.35. The molecule has 0 atom stereocenters. The number of nitrogens with one attached hydrogen (secondary N) is 1. The monoisotopic (exact) mass is 281 g/mol. The lowest BCUT2D eigenvalue weighted by Crippen LogP contribution is -2.38. The van der Waals surface area contributed by atoms with Crippen LogP contribution in [0.1, 0.15) is 12.8 Å². The molecule has 1 amide bonds. The summed E-state index contributed by atoms with van der Waals surface area (Å²) < 4.78 is 0. The molecule has 2 heterocycles. The lowest BCUT2D eigenvalue weighted by Gasteiger charge is -2.32. The molecule has 108 valence electrons. The number of carbonyl (C=O) groups excluding carboxylic acids is 1. The minimum atomic E-state index is 0.0759. The summed E-state index contributed by atoms with van der Waals surface area (Å²) in [5.41, 5.74) is 1.24. The number of benzene rings is 1. The number of hydrogen-bond acceptors (Lipinski definition) is 3. The van der Waals surface area contributed by atoms with Gasteiger partial charge in [0.1, 0.15) is 5.82 Å². The molecule has 0 unspecified atom stereocenters. The van der Waals surface area contributed by atoms with Gasteiger partial charge in [-0.1, -0.05) is 24.3 Å². The highest BCUT2D eigenvalue weighted by molar-refractivity contribution is 5.91. The van der Waals surface area contributed by atoms with Crippen LogP contribution in [0.4, 0.5) is 11.5 Å². The van der Waals surface area contributed by atoms with E-state index >= 15 is 0 Å². The first kappa shape index (κ1) is 13.6. The fourth-order valence-corrected chi connectivity index (χ4v) is 2.70. The summed E-state index contributed by atoms with van der Waals surface area (Å²) >= 11 is 0. The molecule has 2 aromatic rings. The molecule has 1 saturated heterocycles. The molecule has 1 aliphatic rings. The Morgan fingerprint density at radius 1 is 1.05 bits per heavy atom. The number of pyridine rings is 1. The van der Waals surface area contributed by atoms with Crippen LogP contribution in [-0.4, -0.2) is 24.0 Å². The molecular weight excluding hydrogens is 262 g/mol. The third-order valence-electron chi connectivity index (χ3n) is 3.90. The SMILES string of the molecule is O=C(Nc1ccccn1)C1CCN(c2ccccc2)CC1. The molecule has 1 aromatic heterocycles. The highest BCUT2D eigenvalue weighted by Gasteiger charge is 2.25. The van der Waals surface area contributed by atoms with Gasteiger partial charge in [-0.25, -0.2) is 4.98 Å². The van der Waals surface area contributed by atoms with Crippen LogP contribution in [0.5, 0.6) is 0 Å². The van der Waals surface area contributed by atoms with Gasteiger partial charge in [0.2, 0.25) is 5.91 Å². The summed E-state index contributed by atoms with van der Waals surface area (Å²) in [6.07, 6.45) is 3.45. The van der Waals surface area contributed by atoms with E-state index in [2.05, 4.69) is 39.5 Å². The van der Waals surface area contributed by atoms with Crippen LogP contribution in [0.15, 0.2) is 54.7 Å². The van der Waals surface area contributed by atoms with E-state index in [9.17, 15) is 4.79 Å². The fraction of sp³-hybridized carbons (Fsp3) is 0.294. The number of piperidine rings is 1. The molecule has 0 bridgehead atoms. The zero-order valence-electron chi connectivity index (χ0n) is 11.9. The number of para-hydroxylation sites is 1. The van der Waals surface area contributed by atoms with Crippen molar-refractivity contribution in [2.45, 2.75) is 12.8 Å². The van der Waals surface area contributed by atoms with Crippen LogP contribution in [0.2, 0.25) is 0 Å². The molecule has 0 spiro atoms. The highest BCUT2D eigenvalue weighted by Crippen LogP contribution is 2.23. The number of amides is 1. The maximum Gasteiger partial charge on any atom is 0.228 e. The van der Waals surface area contributed by atoms with E-state index < -0.39 is 0 Å². The molecule has 4 nitrogen and oxygen atoms in total. The average Bonchev–Trinajstić information content (AvgIpc) is 2.57. The van der Waals surface area contributed by atoms with Crippen molar-refractivity contribution in [3.05, 3.63) is 54.7 Å². The summed E-state index contributed by atoms with van der Waals surface area (Å²) in [4.78, 5) is 18.7. The number of aromatic nitrogens is 1. The second-order valence-corrected chi connectivity index (χ2v) is 5.30. The zero-order chi connectivity index (χ0) is 14.5. The van der Waals surface area contributed by atoms with Crippen molar-refractivity contribution in [2.24, 2.45) is 5.92 Å². The van der Waals surface area contributed by atoms with Gasteiger partial charge >= 0.3 is 0 Å². The number of hydrogen-bond donors (Lipinski definition) is 1. The Labute approximate surface area is 124 Å². The first-order chi connectivity index (χ1) is 10.3. The van der Waals surface area contributed by atoms with E-state index in [-0.39, 0.29) is 11.8 Å². The Hall–Kier alpha value is -2.36. The largest absolute Gasteiger partial charge is 0.371 e. The minimum absolute atomic E-state index is 0.0759. The maximum atomic E-state index is 12.2. The van der Waals surface area contributed by atoms with Gasteiger partial charge in [0.15, 0.2) is 0 Å². The molecule has 0 aliphatic carbocycles. The van der Waals surface area contributed by atoms with Gasteiger partial charge in [0.25, 0.3) is 0 Å². The van der Waals surface area contributed by atoms with Crippen LogP contribution in [0, 0.1) is 5.92 Å². The molecule has 1 fully saturated rings. The summed E-state index contributed by atoms with van der Waals surface area (Å²) in [5, 5.41) is 2.90. The van der Waals surface area contributed by atoms with Gasteiger partial charge in [-0.05, 0) is 37.1 Å². The predicted molar refractivity (Wildman–Crippen MR) is 84.2 cm³/mol. The first-order valence-electron chi connectivity index (χ1n) is 7.35. The quantitative estimate of drug-likeness (QED) is 0.941. The molecule has 1 aromatic carbocycles. The fourth-order valence-electron chi connectivity index (χ4n) is 2.70. The van der Waals surface area contributed by atoms with E-state index in [0.29, 0.717) is 5.82 Å². The summed E-state index contributed by atoms with van der Waals surface area (Å²) in [6, 6.07) is 15.9. The Bertz CT molecular complexity index is 577. The summed E-state index contributed by atoms with van der Waals surface area (Å²) in [6.45, 7) is 1.84. The van der Waals surface area contributed by atoms with Crippen LogP contribution >= 0.6 is 0 Å². The lowest BCUT2D eigenvalue weighted by atomic mass is 9.95. The smallest absolute Gasteiger partial charge is 0.228 e. The Morgan fingerprint density at radius 2 is 1.76 bits per heavy atom. The number of anilines is 2. The third-order valence-corrected chi connectivity index (χ3v) is 3.90. The molecule has 0 radical (unpaired) electrons. The van der Waals surface area contributed by atoms with Gasteiger partial charge < -0.3 is 10.2 Å². The Balaban J connectivity index is 1.55. The van der Waals surface area contributed by atoms with Crippen molar-refractivity contribution < 1.29 is 4.79 Å². The normalized spacial score (nSPS) is 15.7. The van der Waals surface area contributed by atoms with Crippen molar-refractivity contribution >= 4 is 17.4 Å². The number of rotatable bonds is 3. The highest BCUT2D eigenvalue weighted by atomic mass is 16.1.